The second-order valence-corrected chi connectivity index (χ2v) is 5.39. The minimum atomic E-state index is -1.04. The summed E-state index contributed by atoms with van der Waals surface area (Å²) in [6.45, 7) is 5.52. The van der Waals surface area contributed by atoms with Crippen molar-refractivity contribution < 1.29 is 13.9 Å². The molecule has 100 valence electrons. The largest absolute Gasteiger partial charge is 0.386 e. The normalized spacial score (nSPS) is 19.2. The highest BCUT2D eigenvalue weighted by molar-refractivity contribution is 5.24. The Balaban J connectivity index is 2.29. The highest BCUT2D eigenvalue weighted by Gasteiger charge is 2.38. The third kappa shape index (κ3) is 2.27. The van der Waals surface area contributed by atoms with E-state index in [1.807, 2.05) is 13.8 Å². The standard InChI is InChI=1S/C14H19F2NO/c1-14(2,17-8-3-4-9-17)13(18)10-6-5-7-11(15)12(10)16/h5-7,13,18H,3-4,8-9H2,1-2H3. The van der Waals surface area contributed by atoms with Gasteiger partial charge in [0.25, 0.3) is 0 Å². The summed E-state index contributed by atoms with van der Waals surface area (Å²) in [5, 5.41) is 10.4. The molecule has 2 rings (SSSR count). The van der Waals surface area contributed by atoms with Crippen molar-refractivity contribution in [3.8, 4) is 0 Å². The Kier molecular flexibility index (Phi) is 3.69. The molecule has 0 aromatic heterocycles. The smallest absolute Gasteiger partial charge is 0.164 e. The zero-order valence-electron chi connectivity index (χ0n) is 10.8. The Hall–Kier alpha value is -1.00. The van der Waals surface area contributed by atoms with Crippen LogP contribution in [0, 0.1) is 11.6 Å². The minimum Gasteiger partial charge on any atom is -0.386 e. The summed E-state index contributed by atoms with van der Waals surface area (Å²) in [4.78, 5) is 2.13. The molecule has 4 heteroatoms. The van der Waals surface area contributed by atoms with Crippen LogP contribution in [0.4, 0.5) is 8.78 Å². The number of rotatable bonds is 3. The van der Waals surface area contributed by atoms with Crippen LogP contribution >= 0.6 is 0 Å². The predicted octanol–water partition coefficient (Wildman–Crippen LogP) is 2.87. The molecule has 0 aliphatic carbocycles. The van der Waals surface area contributed by atoms with Crippen LogP contribution in [-0.4, -0.2) is 28.6 Å². The molecule has 1 heterocycles. The van der Waals surface area contributed by atoms with Crippen LogP contribution in [0.5, 0.6) is 0 Å². The lowest BCUT2D eigenvalue weighted by atomic mass is 9.89. The maximum atomic E-state index is 13.7. The molecular formula is C14H19F2NO. The number of halogens is 2. The molecule has 0 bridgehead atoms. The summed E-state index contributed by atoms with van der Waals surface area (Å²) < 4.78 is 26.9. The molecule has 0 saturated carbocycles. The van der Waals surface area contributed by atoms with E-state index < -0.39 is 23.3 Å². The second kappa shape index (κ2) is 4.94. The van der Waals surface area contributed by atoms with Gasteiger partial charge in [-0.1, -0.05) is 12.1 Å². The van der Waals surface area contributed by atoms with Gasteiger partial charge in [0.2, 0.25) is 0 Å². The summed E-state index contributed by atoms with van der Waals surface area (Å²) >= 11 is 0. The first kappa shape index (κ1) is 13.4. The van der Waals surface area contributed by atoms with Crippen molar-refractivity contribution in [3.05, 3.63) is 35.4 Å². The maximum absolute atomic E-state index is 13.7. The van der Waals surface area contributed by atoms with Gasteiger partial charge in [-0.2, -0.15) is 0 Å². The molecule has 1 N–H and O–H groups in total. The van der Waals surface area contributed by atoms with Crippen molar-refractivity contribution in [1.29, 1.82) is 0 Å². The van der Waals surface area contributed by atoms with Gasteiger partial charge in [0.15, 0.2) is 11.6 Å². The molecule has 18 heavy (non-hydrogen) atoms. The number of likely N-dealkylation sites (tertiary alicyclic amines) is 1. The third-order valence-electron chi connectivity index (χ3n) is 3.87. The molecule has 1 unspecified atom stereocenters. The summed E-state index contributed by atoms with van der Waals surface area (Å²) in [6.07, 6.45) is 1.13. The third-order valence-corrected chi connectivity index (χ3v) is 3.87. The van der Waals surface area contributed by atoms with Gasteiger partial charge in [-0.25, -0.2) is 8.78 Å². The molecule has 0 radical (unpaired) electrons. The number of hydrogen-bond donors (Lipinski definition) is 1. The number of benzene rings is 1. The minimum absolute atomic E-state index is 0.0342. The number of aliphatic hydroxyl groups is 1. The van der Waals surface area contributed by atoms with E-state index in [1.165, 1.54) is 12.1 Å². The van der Waals surface area contributed by atoms with Gasteiger partial charge in [0, 0.05) is 11.1 Å². The maximum Gasteiger partial charge on any atom is 0.164 e. The lowest BCUT2D eigenvalue weighted by Crippen LogP contribution is -2.47. The van der Waals surface area contributed by atoms with Crippen LogP contribution in [0.1, 0.15) is 38.4 Å². The first-order chi connectivity index (χ1) is 8.44. The van der Waals surface area contributed by atoms with Crippen LogP contribution in [-0.2, 0) is 0 Å². The van der Waals surface area contributed by atoms with E-state index in [-0.39, 0.29) is 5.56 Å². The van der Waals surface area contributed by atoms with Gasteiger partial charge in [-0.15, -0.1) is 0 Å². The lowest BCUT2D eigenvalue weighted by molar-refractivity contribution is -0.00100. The molecule has 0 spiro atoms. The zero-order valence-corrected chi connectivity index (χ0v) is 10.8. The Labute approximate surface area is 106 Å². The van der Waals surface area contributed by atoms with Crippen molar-refractivity contribution in [3.63, 3.8) is 0 Å². The van der Waals surface area contributed by atoms with Crippen molar-refractivity contribution in [2.45, 2.75) is 38.3 Å². The van der Waals surface area contributed by atoms with Crippen molar-refractivity contribution in [1.82, 2.24) is 4.90 Å². The molecule has 0 amide bonds. The van der Waals surface area contributed by atoms with Crippen molar-refractivity contribution >= 4 is 0 Å². The monoisotopic (exact) mass is 255 g/mol. The number of nitrogens with zero attached hydrogens (tertiary/aromatic N) is 1. The quantitative estimate of drug-likeness (QED) is 0.897. The topological polar surface area (TPSA) is 23.5 Å². The average Bonchev–Trinajstić information content (AvgIpc) is 2.86. The molecule has 1 atom stereocenters. The van der Waals surface area contributed by atoms with Crippen molar-refractivity contribution in [2.24, 2.45) is 0 Å². The van der Waals surface area contributed by atoms with E-state index in [4.69, 9.17) is 0 Å². The first-order valence-electron chi connectivity index (χ1n) is 6.31. The van der Waals surface area contributed by atoms with Crippen LogP contribution < -0.4 is 0 Å². The van der Waals surface area contributed by atoms with Crippen LogP contribution in [0.2, 0.25) is 0 Å². The fourth-order valence-electron chi connectivity index (χ4n) is 2.58. The van der Waals surface area contributed by atoms with E-state index in [9.17, 15) is 13.9 Å². The Bertz CT molecular complexity index is 428. The predicted molar refractivity (Wildman–Crippen MR) is 66.2 cm³/mol. The van der Waals surface area contributed by atoms with Gasteiger partial charge >= 0.3 is 0 Å². The number of aliphatic hydroxyl groups excluding tert-OH is 1. The molecular weight excluding hydrogens is 236 g/mol. The lowest BCUT2D eigenvalue weighted by Gasteiger charge is -2.39. The van der Waals surface area contributed by atoms with Gasteiger partial charge in [0.1, 0.15) is 0 Å². The zero-order chi connectivity index (χ0) is 13.3. The fraction of sp³-hybridized carbons (Fsp3) is 0.571. The molecule has 1 fully saturated rings. The molecule has 1 aliphatic rings. The van der Waals surface area contributed by atoms with E-state index in [0.29, 0.717) is 0 Å². The molecule has 1 aromatic rings. The van der Waals surface area contributed by atoms with Gasteiger partial charge < -0.3 is 5.11 Å². The highest BCUT2D eigenvalue weighted by Crippen LogP contribution is 2.34. The number of hydrogen-bond acceptors (Lipinski definition) is 2. The SMILES string of the molecule is CC(C)(C(O)c1cccc(F)c1F)N1CCCC1. The van der Waals surface area contributed by atoms with Gasteiger partial charge in [-0.3, -0.25) is 4.90 Å². The Morgan fingerprint density at radius 1 is 1.22 bits per heavy atom. The molecule has 1 aromatic carbocycles. The Morgan fingerprint density at radius 3 is 2.44 bits per heavy atom. The van der Waals surface area contributed by atoms with E-state index in [0.717, 1.165) is 32.0 Å². The highest BCUT2D eigenvalue weighted by atomic mass is 19.2. The Morgan fingerprint density at radius 2 is 1.83 bits per heavy atom. The van der Waals surface area contributed by atoms with Gasteiger partial charge in [-0.05, 0) is 45.8 Å². The van der Waals surface area contributed by atoms with Crippen LogP contribution in [0.25, 0.3) is 0 Å². The van der Waals surface area contributed by atoms with E-state index >= 15 is 0 Å². The summed E-state index contributed by atoms with van der Waals surface area (Å²) in [5.74, 6) is -1.86. The summed E-state index contributed by atoms with van der Waals surface area (Å²) in [6, 6.07) is 3.94. The molecule has 2 nitrogen and oxygen atoms in total. The van der Waals surface area contributed by atoms with Crippen LogP contribution in [0.15, 0.2) is 18.2 Å². The van der Waals surface area contributed by atoms with Crippen LogP contribution in [0.3, 0.4) is 0 Å². The molecule has 1 aliphatic heterocycles. The molecule has 1 saturated heterocycles. The first-order valence-corrected chi connectivity index (χ1v) is 6.31. The summed E-state index contributed by atoms with van der Waals surface area (Å²) in [5.41, 5.74) is -0.558. The fourth-order valence-corrected chi connectivity index (χ4v) is 2.58. The second-order valence-electron chi connectivity index (χ2n) is 5.39. The van der Waals surface area contributed by atoms with Gasteiger partial charge in [0.05, 0.1) is 6.10 Å². The van der Waals surface area contributed by atoms with E-state index in [1.54, 1.807) is 0 Å². The summed E-state index contributed by atoms with van der Waals surface area (Å²) in [7, 11) is 0. The average molecular weight is 255 g/mol. The van der Waals surface area contributed by atoms with E-state index in [2.05, 4.69) is 4.90 Å². The van der Waals surface area contributed by atoms with Crippen molar-refractivity contribution in [2.75, 3.05) is 13.1 Å².